The zero-order chi connectivity index (χ0) is 28.2. The maximum absolute atomic E-state index is 15.6. The van der Waals surface area contributed by atoms with E-state index in [-0.39, 0.29) is 35.0 Å². The van der Waals surface area contributed by atoms with E-state index in [0.717, 1.165) is 11.1 Å². The molecular weight excluding hydrogens is 552 g/mol. The van der Waals surface area contributed by atoms with Gasteiger partial charge in [-0.15, -0.1) is 0 Å². The van der Waals surface area contributed by atoms with Crippen molar-refractivity contribution in [2.24, 2.45) is 11.8 Å². The highest BCUT2D eigenvalue weighted by Gasteiger charge is 2.75. The summed E-state index contributed by atoms with van der Waals surface area (Å²) in [6.07, 6.45) is 1.11. The van der Waals surface area contributed by atoms with Crippen molar-refractivity contribution in [1.82, 2.24) is 0 Å². The number of phenolic OH excluding ortho intramolecular Hbond substituents is 1. The molecule has 1 N–H and O–H groups in total. The second-order valence-corrected chi connectivity index (χ2v) is 13.3. The Balaban J connectivity index is 1.34. The highest BCUT2D eigenvalue weighted by Crippen LogP contribution is 2.65. The first-order valence-electron chi connectivity index (χ1n) is 12.6. The van der Waals surface area contributed by atoms with Crippen molar-refractivity contribution in [3.8, 4) is 16.9 Å². The number of halogens is 4. The number of hydrogen-bond donors (Lipinski definition) is 1. The third-order valence-corrected chi connectivity index (χ3v) is 10.6. The highest BCUT2D eigenvalue weighted by atomic mass is 32.3. The number of hydrogen-bond acceptors (Lipinski definition) is 5. The molecule has 3 unspecified atom stereocenters. The Bertz CT molecular complexity index is 1450. The Kier molecular flexibility index (Phi) is 7.04. The molecule has 39 heavy (non-hydrogen) atoms. The van der Waals surface area contributed by atoms with Crippen LogP contribution in [-0.2, 0) is 19.2 Å². The molecule has 0 heterocycles. The van der Waals surface area contributed by atoms with Crippen LogP contribution in [0.1, 0.15) is 42.4 Å². The first kappa shape index (κ1) is 28.0. The molecule has 3 atom stereocenters. The van der Waals surface area contributed by atoms with Gasteiger partial charge >= 0.3 is 21.3 Å². The molecule has 2 aliphatic carbocycles. The number of alkyl halides is 4. The molecular formula is C29H28F4O4S2. The summed E-state index contributed by atoms with van der Waals surface area (Å²) in [5.74, 6) is -6.64. The molecule has 0 saturated heterocycles. The van der Waals surface area contributed by atoms with Crippen LogP contribution in [0.4, 0.5) is 17.6 Å². The molecule has 0 radical (unpaired) electrons. The van der Waals surface area contributed by atoms with Gasteiger partial charge in [0.2, 0.25) is 0 Å². The Morgan fingerprint density at radius 1 is 0.949 bits per heavy atom. The van der Waals surface area contributed by atoms with E-state index in [4.69, 9.17) is 0 Å². The molecule has 0 aliphatic heterocycles. The van der Waals surface area contributed by atoms with Gasteiger partial charge in [0.1, 0.15) is 5.75 Å². The minimum atomic E-state index is -6.01. The number of benzene rings is 3. The van der Waals surface area contributed by atoms with Gasteiger partial charge in [-0.2, -0.15) is 29.6 Å². The third kappa shape index (κ3) is 4.64. The Morgan fingerprint density at radius 3 is 2.15 bits per heavy atom. The molecule has 2 saturated carbocycles. The molecule has 0 amide bonds. The molecule has 10 heteroatoms. The quantitative estimate of drug-likeness (QED) is 0.216. The summed E-state index contributed by atoms with van der Waals surface area (Å²) in [6, 6.07) is 18.1. The third-order valence-electron chi connectivity index (χ3n) is 8.27. The lowest BCUT2D eigenvalue weighted by atomic mass is 9.67. The molecule has 2 fully saturated rings. The summed E-state index contributed by atoms with van der Waals surface area (Å²) in [7, 11) is -6.01. The largest absolute Gasteiger partial charge is 0.507 e. The van der Waals surface area contributed by atoms with E-state index in [1.54, 1.807) is 68.4 Å². The number of aryl methyl sites for hydroxylation is 2. The van der Waals surface area contributed by atoms with Crippen LogP contribution in [0.5, 0.6) is 5.75 Å². The molecule has 2 bridgehead atoms. The smallest absolute Gasteiger partial charge is 0.432 e. The Labute approximate surface area is 229 Å². The second-order valence-electron chi connectivity index (χ2n) is 10.6. The Hall–Kier alpha value is -2.56. The first-order chi connectivity index (χ1) is 18.3. The molecule has 3 aromatic rings. The van der Waals surface area contributed by atoms with Crippen LogP contribution in [0.3, 0.4) is 0 Å². The number of phenols is 1. The van der Waals surface area contributed by atoms with Gasteiger partial charge in [0.05, 0.1) is 0 Å². The van der Waals surface area contributed by atoms with Gasteiger partial charge in [-0.25, -0.2) is 0 Å². The topological polar surface area (TPSA) is 63.6 Å². The fraction of sp³-hybridized carbons (Fsp3) is 0.379. The van der Waals surface area contributed by atoms with Gasteiger partial charge in [0, 0.05) is 28.3 Å². The summed E-state index contributed by atoms with van der Waals surface area (Å²) in [4.78, 5) is 0.148. The van der Waals surface area contributed by atoms with Crippen LogP contribution in [0.2, 0.25) is 0 Å². The molecule has 208 valence electrons. The summed E-state index contributed by atoms with van der Waals surface area (Å²) >= 11 is 0.0950. The molecule has 0 spiro atoms. The van der Waals surface area contributed by atoms with Gasteiger partial charge in [-0.1, -0.05) is 42.5 Å². The zero-order valence-electron chi connectivity index (χ0n) is 21.3. The molecule has 2 aliphatic rings. The summed E-state index contributed by atoms with van der Waals surface area (Å²) in [5.41, 5.74) is 2.20. The van der Waals surface area contributed by atoms with Gasteiger partial charge in [0.25, 0.3) is 0 Å². The zero-order valence-corrected chi connectivity index (χ0v) is 23.0. The maximum Gasteiger partial charge on any atom is 0.432 e. The van der Waals surface area contributed by atoms with Crippen molar-refractivity contribution in [1.29, 1.82) is 0 Å². The van der Waals surface area contributed by atoms with Crippen molar-refractivity contribution in [2.75, 3.05) is 0 Å². The maximum atomic E-state index is 15.6. The van der Waals surface area contributed by atoms with Crippen LogP contribution in [-0.4, -0.2) is 24.7 Å². The fourth-order valence-corrected chi connectivity index (χ4v) is 8.04. The van der Waals surface area contributed by atoms with Gasteiger partial charge in [0.15, 0.2) is 0 Å². The molecule has 0 aromatic heterocycles. The van der Waals surface area contributed by atoms with E-state index >= 15 is 17.6 Å². The minimum Gasteiger partial charge on any atom is -0.507 e. The van der Waals surface area contributed by atoms with E-state index < -0.39 is 32.6 Å². The summed E-state index contributed by atoms with van der Waals surface area (Å²) in [6.45, 7) is 3.51. The van der Waals surface area contributed by atoms with Gasteiger partial charge in [-0.05, 0) is 97.5 Å². The molecule has 3 aromatic carbocycles. The minimum absolute atomic E-state index is 0.0950. The van der Waals surface area contributed by atoms with Crippen LogP contribution < -0.4 is 0 Å². The van der Waals surface area contributed by atoms with Crippen LogP contribution >= 0.6 is 12.0 Å². The van der Waals surface area contributed by atoms with Crippen LogP contribution in [0.15, 0.2) is 71.6 Å². The average Bonchev–Trinajstić information content (AvgIpc) is 3.52. The molecule has 4 nitrogen and oxygen atoms in total. The predicted octanol–water partition coefficient (Wildman–Crippen LogP) is 8.02. The lowest BCUT2D eigenvalue weighted by Gasteiger charge is -2.42. The normalized spacial score (nSPS) is 23.3. The van der Waals surface area contributed by atoms with Crippen LogP contribution in [0, 0.1) is 25.7 Å². The second kappa shape index (κ2) is 9.82. The van der Waals surface area contributed by atoms with E-state index in [9.17, 15) is 13.5 Å². The number of rotatable bonds is 8. The predicted molar refractivity (Wildman–Crippen MR) is 142 cm³/mol. The van der Waals surface area contributed by atoms with Gasteiger partial charge < -0.3 is 5.11 Å². The molecule has 5 rings (SSSR count). The van der Waals surface area contributed by atoms with Crippen LogP contribution in [0.25, 0.3) is 11.1 Å². The number of fused-ring (bicyclic) bond motifs is 2. The van der Waals surface area contributed by atoms with E-state index in [0.29, 0.717) is 36.0 Å². The van der Waals surface area contributed by atoms with Crippen molar-refractivity contribution in [3.05, 3.63) is 83.4 Å². The Morgan fingerprint density at radius 2 is 1.56 bits per heavy atom. The lowest BCUT2D eigenvalue weighted by Crippen LogP contribution is -2.56. The van der Waals surface area contributed by atoms with E-state index in [2.05, 4.69) is 3.63 Å². The van der Waals surface area contributed by atoms with Crippen molar-refractivity contribution in [2.45, 2.75) is 61.0 Å². The average molecular weight is 581 g/mol. The van der Waals surface area contributed by atoms with Crippen molar-refractivity contribution >= 4 is 22.2 Å². The number of aromatic hydroxyl groups is 1. The summed E-state index contributed by atoms with van der Waals surface area (Å²) < 4.78 is 91.3. The fourth-order valence-electron chi connectivity index (χ4n) is 6.31. The van der Waals surface area contributed by atoms with E-state index in [1.165, 1.54) is 12.1 Å². The lowest BCUT2D eigenvalue weighted by molar-refractivity contribution is -0.206. The van der Waals surface area contributed by atoms with Crippen molar-refractivity contribution < 1.29 is 34.7 Å². The van der Waals surface area contributed by atoms with Crippen molar-refractivity contribution in [3.63, 3.8) is 0 Å². The highest BCUT2D eigenvalue weighted by molar-refractivity contribution is 8.04. The SMILES string of the molecule is Cc1cc(-c2ccc(SOS(=O)(=O)C(F)(F)C(F)(F)C3CC4CCC3(c3ccccc3)C4)cc2)cc(C)c1O. The standard InChI is InChI=1S/C29H28F4O4S2/c1-18-14-22(15-19(2)26(18)34)21-8-10-24(11-9-21)38-37-39(35,36)29(32,33)28(30,31)25-16-20-12-13-27(25,17-20)23-6-4-3-5-7-23/h3-11,14-15,20,25,34H,12-13,16-17H2,1-2H3. The van der Waals surface area contributed by atoms with E-state index in [1.807, 2.05) is 0 Å². The monoisotopic (exact) mass is 580 g/mol. The summed E-state index contributed by atoms with van der Waals surface area (Å²) in [5, 5.41) is 4.55. The van der Waals surface area contributed by atoms with Gasteiger partial charge in [-0.3, -0.25) is 0 Å². The first-order valence-corrected chi connectivity index (χ1v) is 14.8.